The molecule has 2 heterocycles. The van der Waals surface area contributed by atoms with Crippen LogP contribution in [0.2, 0.25) is 0 Å². The Balaban J connectivity index is 0.000000606. The van der Waals surface area contributed by atoms with Crippen LogP contribution in [0, 0.1) is 0 Å². The lowest BCUT2D eigenvalue weighted by molar-refractivity contribution is 0.890. The molecule has 1 nitrogen and oxygen atoms in total. The zero-order valence-electron chi connectivity index (χ0n) is 10.4. The minimum Gasteiger partial charge on any atom is -0.255 e. The van der Waals surface area contributed by atoms with E-state index in [9.17, 15) is 0 Å². The van der Waals surface area contributed by atoms with Gasteiger partial charge in [-0.15, -0.1) is 11.3 Å². The average molecular weight is 233 g/mol. The molecule has 0 unspecified atom stereocenters. The number of aromatic nitrogens is 1. The van der Waals surface area contributed by atoms with Gasteiger partial charge in [0.2, 0.25) is 0 Å². The summed E-state index contributed by atoms with van der Waals surface area (Å²) in [6.07, 6.45) is 1.84. The molecule has 2 rings (SSSR count). The Hall–Kier alpha value is -1.15. The van der Waals surface area contributed by atoms with E-state index in [1.165, 1.54) is 9.75 Å². The van der Waals surface area contributed by atoms with Crippen LogP contribution in [0.3, 0.4) is 0 Å². The molecule has 16 heavy (non-hydrogen) atoms. The van der Waals surface area contributed by atoms with Crippen molar-refractivity contribution in [1.29, 1.82) is 0 Å². The molecule has 0 N–H and O–H groups in total. The van der Waals surface area contributed by atoms with Crippen molar-refractivity contribution in [2.24, 2.45) is 0 Å². The van der Waals surface area contributed by atoms with Gasteiger partial charge in [-0.1, -0.05) is 33.8 Å². The number of pyridine rings is 1. The van der Waals surface area contributed by atoms with E-state index >= 15 is 0 Å². The van der Waals surface area contributed by atoms with Crippen molar-refractivity contribution in [3.05, 3.63) is 41.4 Å². The Morgan fingerprint density at radius 2 is 1.81 bits per heavy atom. The summed E-state index contributed by atoms with van der Waals surface area (Å²) in [6, 6.07) is 10.4. The van der Waals surface area contributed by atoms with Gasteiger partial charge in [0.1, 0.15) is 0 Å². The molecule has 0 aliphatic heterocycles. The third-order valence-electron chi connectivity index (χ3n) is 2.11. The van der Waals surface area contributed by atoms with Crippen LogP contribution in [0.5, 0.6) is 0 Å². The Kier molecular flexibility index (Phi) is 5.20. The SMILES string of the molecule is CC.CC(C)c1ccc(-c2ccccn2)s1. The van der Waals surface area contributed by atoms with E-state index in [2.05, 4.69) is 37.0 Å². The van der Waals surface area contributed by atoms with Crippen LogP contribution in [-0.4, -0.2) is 4.98 Å². The normalized spacial score (nSPS) is 9.81. The van der Waals surface area contributed by atoms with Crippen molar-refractivity contribution < 1.29 is 0 Å². The second-order valence-corrected chi connectivity index (χ2v) is 4.69. The van der Waals surface area contributed by atoms with E-state index in [0.29, 0.717) is 5.92 Å². The minimum absolute atomic E-state index is 0.609. The maximum Gasteiger partial charge on any atom is 0.0801 e. The molecule has 0 fully saturated rings. The molecule has 2 heteroatoms. The first-order valence-corrected chi connectivity index (χ1v) is 6.60. The van der Waals surface area contributed by atoms with Gasteiger partial charge in [0.25, 0.3) is 0 Å². The Bertz CT molecular complexity index is 404. The van der Waals surface area contributed by atoms with Gasteiger partial charge in [0.05, 0.1) is 10.6 Å². The van der Waals surface area contributed by atoms with Crippen molar-refractivity contribution in [2.75, 3.05) is 0 Å². The average Bonchev–Trinajstić information content (AvgIpc) is 2.82. The lowest BCUT2D eigenvalue weighted by Gasteiger charge is -1.98. The molecule has 0 saturated heterocycles. The summed E-state index contributed by atoms with van der Waals surface area (Å²) in [6.45, 7) is 8.43. The lowest BCUT2D eigenvalue weighted by atomic mass is 10.2. The maximum absolute atomic E-state index is 4.33. The summed E-state index contributed by atoms with van der Waals surface area (Å²) in [7, 11) is 0. The van der Waals surface area contributed by atoms with Crippen molar-refractivity contribution in [3.8, 4) is 10.6 Å². The van der Waals surface area contributed by atoms with Crippen molar-refractivity contribution in [1.82, 2.24) is 4.98 Å². The molecule has 0 aliphatic carbocycles. The predicted molar refractivity (Wildman–Crippen MR) is 73.0 cm³/mol. The lowest BCUT2D eigenvalue weighted by Crippen LogP contribution is -1.78. The number of rotatable bonds is 2. The summed E-state index contributed by atoms with van der Waals surface area (Å²) < 4.78 is 0. The van der Waals surface area contributed by atoms with Gasteiger partial charge in [-0.25, -0.2) is 0 Å². The van der Waals surface area contributed by atoms with E-state index in [1.54, 1.807) is 0 Å². The first-order chi connectivity index (χ1) is 7.77. The van der Waals surface area contributed by atoms with Crippen LogP contribution in [-0.2, 0) is 0 Å². The predicted octanol–water partition coefficient (Wildman–Crippen LogP) is 4.96. The quantitative estimate of drug-likeness (QED) is 0.714. The Labute approximate surface area is 102 Å². The highest BCUT2D eigenvalue weighted by Gasteiger charge is 2.05. The van der Waals surface area contributed by atoms with Crippen LogP contribution in [0.1, 0.15) is 38.5 Å². The molecule has 0 amide bonds. The third kappa shape index (κ3) is 3.17. The fourth-order valence-corrected chi connectivity index (χ4v) is 2.30. The molecule has 2 aromatic heterocycles. The van der Waals surface area contributed by atoms with Crippen molar-refractivity contribution in [3.63, 3.8) is 0 Å². The minimum atomic E-state index is 0.609. The molecule has 0 aromatic carbocycles. The summed E-state index contributed by atoms with van der Waals surface area (Å²) in [5.74, 6) is 0.609. The maximum atomic E-state index is 4.33. The largest absolute Gasteiger partial charge is 0.255 e. The number of hydrogen-bond acceptors (Lipinski definition) is 2. The molecule has 0 aliphatic rings. The first-order valence-electron chi connectivity index (χ1n) is 5.78. The number of nitrogens with zero attached hydrogens (tertiary/aromatic N) is 1. The van der Waals surface area contributed by atoms with E-state index in [-0.39, 0.29) is 0 Å². The molecule has 0 radical (unpaired) electrons. The van der Waals surface area contributed by atoms with E-state index in [0.717, 1.165) is 5.69 Å². The van der Waals surface area contributed by atoms with Gasteiger partial charge in [-0.05, 0) is 30.2 Å². The first kappa shape index (κ1) is 12.9. The van der Waals surface area contributed by atoms with Crippen LogP contribution < -0.4 is 0 Å². The highest BCUT2D eigenvalue weighted by Crippen LogP contribution is 2.30. The third-order valence-corrected chi connectivity index (χ3v) is 3.52. The molecule has 0 saturated carbocycles. The van der Waals surface area contributed by atoms with Gasteiger partial charge >= 0.3 is 0 Å². The molecule has 2 aromatic rings. The van der Waals surface area contributed by atoms with Gasteiger partial charge in [-0.2, -0.15) is 0 Å². The highest BCUT2D eigenvalue weighted by molar-refractivity contribution is 7.15. The van der Waals surface area contributed by atoms with E-state index < -0.39 is 0 Å². The topological polar surface area (TPSA) is 12.9 Å². The number of thiophene rings is 1. The summed E-state index contributed by atoms with van der Waals surface area (Å²) in [5.41, 5.74) is 1.07. The van der Waals surface area contributed by atoms with E-state index in [4.69, 9.17) is 0 Å². The van der Waals surface area contributed by atoms with Crippen LogP contribution >= 0.6 is 11.3 Å². The van der Waals surface area contributed by atoms with Crippen LogP contribution in [0.25, 0.3) is 10.6 Å². The van der Waals surface area contributed by atoms with E-state index in [1.807, 2.05) is 43.5 Å². The van der Waals surface area contributed by atoms with Gasteiger partial charge in [0.15, 0.2) is 0 Å². The van der Waals surface area contributed by atoms with Gasteiger partial charge in [0, 0.05) is 11.1 Å². The smallest absolute Gasteiger partial charge is 0.0801 e. The van der Waals surface area contributed by atoms with Gasteiger partial charge < -0.3 is 0 Å². The zero-order valence-corrected chi connectivity index (χ0v) is 11.2. The molecule has 0 bridgehead atoms. The molecule has 86 valence electrons. The highest BCUT2D eigenvalue weighted by atomic mass is 32.1. The van der Waals surface area contributed by atoms with Crippen LogP contribution in [0.15, 0.2) is 36.5 Å². The summed E-state index contributed by atoms with van der Waals surface area (Å²) in [4.78, 5) is 7.01. The second kappa shape index (κ2) is 6.44. The monoisotopic (exact) mass is 233 g/mol. The molecule has 0 spiro atoms. The van der Waals surface area contributed by atoms with Crippen LogP contribution in [0.4, 0.5) is 0 Å². The standard InChI is InChI=1S/C12H13NS.C2H6/c1-9(2)11-6-7-12(14-11)10-5-3-4-8-13-10;1-2/h3-9H,1-2H3;1-2H3. The summed E-state index contributed by atoms with van der Waals surface area (Å²) >= 11 is 1.83. The molecular weight excluding hydrogens is 214 g/mol. The second-order valence-electron chi connectivity index (χ2n) is 3.57. The number of hydrogen-bond donors (Lipinski definition) is 0. The van der Waals surface area contributed by atoms with Crippen molar-refractivity contribution in [2.45, 2.75) is 33.6 Å². The van der Waals surface area contributed by atoms with Crippen molar-refractivity contribution >= 4 is 11.3 Å². The Morgan fingerprint density at radius 3 is 2.31 bits per heavy atom. The fraction of sp³-hybridized carbons (Fsp3) is 0.357. The van der Waals surface area contributed by atoms with Gasteiger partial charge in [-0.3, -0.25) is 4.98 Å². The summed E-state index contributed by atoms with van der Waals surface area (Å²) in [5, 5.41) is 0. The zero-order chi connectivity index (χ0) is 12.0. The molecule has 0 atom stereocenters. The Morgan fingerprint density at radius 1 is 1.06 bits per heavy atom. The fourth-order valence-electron chi connectivity index (χ4n) is 1.31. The molecular formula is C14H19NS.